The van der Waals surface area contributed by atoms with Crippen LogP contribution in [-0.4, -0.2) is 9.97 Å². The standard InChI is InChI=1S/C24H22FN3/c1-24(11-3-2-4-12-24)21-9-7-17(8-10-21)20-15-27-23(28-16-20)18-5-6-19(14-26)22(25)13-18/h5-10,13,15-16H,2-4,11-12H2,1H3. The molecular weight excluding hydrogens is 349 g/mol. The zero-order valence-corrected chi connectivity index (χ0v) is 16.0. The van der Waals surface area contributed by atoms with Crippen LogP contribution in [0.3, 0.4) is 0 Å². The van der Waals surface area contributed by atoms with Crippen molar-refractivity contribution in [1.29, 1.82) is 5.26 Å². The third-order valence-corrected chi connectivity index (χ3v) is 5.87. The van der Waals surface area contributed by atoms with E-state index in [0.29, 0.717) is 11.4 Å². The fraction of sp³-hybridized carbons (Fsp3) is 0.292. The van der Waals surface area contributed by atoms with Crippen molar-refractivity contribution in [3.05, 3.63) is 71.8 Å². The van der Waals surface area contributed by atoms with Crippen molar-refractivity contribution in [2.45, 2.75) is 44.4 Å². The summed E-state index contributed by atoms with van der Waals surface area (Å²) < 4.78 is 13.8. The molecule has 0 bridgehead atoms. The Morgan fingerprint density at radius 1 is 0.893 bits per heavy atom. The largest absolute Gasteiger partial charge is 0.236 e. The molecule has 1 fully saturated rings. The van der Waals surface area contributed by atoms with E-state index in [1.807, 2.05) is 6.07 Å². The summed E-state index contributed by atoms with van der Waals surface area (Å²) in [5, 5.41) is 8.84. The van der Waals surface area contributed by atoms with Crippen LogP contribution in [0, 0.1) is 17.1 Å². The Labute approximate surface area is 164 Å². The predicted octanol–water partition coefficient (Wildman–Crippen LogP) is 6.04. The molecule has 3 nitrogen and oxygen atoms in total. The summed E-state index contributed by atoms with van der Waals surface area (Å²) in [5.74, 6) is -0.113. The van der Waals surface area contributed by atoms with Gasteiger partial charge in [-0.1, -0.05) is 50.5 Å². The molecule has 0 saturated heterocycles. The third-order valence-electron chi connectivity index (χ3n) is 5.87. The zero-order valence-electron chi connectivity index (χ0n) is 16.0. The van der Waals surface area contributed by atoms with Gasteiger partial charge < -0.3 is 0 Å². The van der Waals surface area contributed by atoms with Crippen LogP contribution < -0.4 is 0 Å². The summed E-state index contributed by atoms with van der Waals surface area (Å²) in [5.41, 5.74) is 4.27. The van der Waals surface area contributed by atoms with Crippen LogP contribution in [0.15, 0.2) is 54.9 Å². The van der Waals surface area contributed by atoms with Gasteiger partial charge in [0.05, 0.1) is 5.56 Å². The highest BCUT2D eigenvalue weighted by molar-refractivity contribution is 5.64. The molecule has 2 aromatic carbocycles. The Morgan fingerprint density at radius 2 is 1.54 bits per heavy atom. The topological polar surface area (TPSA) is 49.6 Å². The molecule has 0 atom stereocenters. The molecule has 0 N–H and O–H groups in total. The minimum absolute atomic E-state index is 0.0205. The lowest BCUT2D eigenvalue weighted by Crippen LogP contribution is -2.24. The van der Waals surface area contributed by atoms with E-state index in [-0.39, 0.29) is 11.0 Å². The molecule has 4 rings (SSSR count). The average Bonchev–Trinajstić information content (AvgIpc) is 2.74. The second-order valence-electron chi connectivity index (χ2n) is 7.80. The smallest absolute Gasteiger partial charge is 0.159 e. The number of benzene rings is 2. The van der Waals surface area contributed by atoms with Gasteiger partial charge in [-0.2, -0.15) is 5.26 Å². The predicted molar refractivity (Wildman–Crippen MR) is 108 cm³/mol. The minimum Gasteiger partial charge on any atom is -0.236 e. The number of nitriles is 1. The summed E-state index contributed by atoms with van der Waals surface area (Å²) in [7, 11) is 0. The lowest BCUT2D eigenvalue weighted by atomic mass is 9.71. The van der Waals surface area contributed by atoms with Crippen molar-refractivity contribution in [2.24, 2.45) is 0 Å². The van der Waals surface area contributed by atoms with Crippen molar-refractivity contribution < 1.29 is 4.39 Å². The lowest BCUT2D eigenvalue weighted by Gasteiger charge is -2.34. The number of hydrogen-bond acceptors (Lipinski definition) is 3. The molecule has 3 aromatic rings. The van der Waals surface area contributed by atoms with Gasteiger partial charge in [0, 0.05) is 23.5 Å². The Morgan fingerprint density at radius 3 is 2.14 bits per heavy atom. The maximum absolute atomic E-state index is 13.8. The number of hydrogen-bond donors (Lipinski definition) is 0. The Balaban J connectivity index is 1.56. The zero-order chi connectivity index (χ0) is 19.6. The summed E-state index contributed by atoms with van der Waals surface area (Å²) >= 11 is 0. The summed E-state index contributed by atoms with van der Waals surface area (Å²) in [6, 6.07) is 15.0. The molecule has 0 amide bonds. The van der Waals surface area contributed by atoms with Crippen molar-refractivity contribution in [1.82, 2.24) is 9.97 Å². The van der Waals surface area contributed by atoms with E-state index in [9.17, 15) is 4.39 Å². The third kappa shape index (κ3) is 3.53. The minimum atomic E-state index is -0.556. The number of aromatic nitrogens is 2. The van der Waals surface area contributed by atoms with Crippen LogP contribution in [0.25, 0.3) is 22.5 Å². The lowest BCUT2D eigenvalue weighted by molar-refractivity contribution is 0.319. The van der Waals surface area contributed by atoms with E-state index in [4.69, 9.17) is 5.26 Å². The summed E-state index contributed by atoms with van der Waals surface area (Å²) in [4.78, 5) is 8.77. The van der Waals surface area contributed by atoms with Crippen LogP contribution >= 0.6 is 0 Å². The quantitative estimate of drug-likeness (QED) is 0.564. The van der Waals surface area contributed by atoms with E-state index in [1.54, 1.807) is 18.5 Å². The molecule has 1 aromatic heterocycles. The molecule has 0 unspecified atom stereocenters. The van der Waals surface area contributed by atoms with Crippen LogP contribution in [0.2, 0.25) is 0 Å². The molecule has 0 aliphatic heterocycles. The maximum atomic E-state index is 13.8. The van der Waals surface area contributed by atoms with E-state index in [2.05, 4.69) is 41.2 Å². The Hall–Kier alpha value is -3.06. The van der Waals surface area contributed by atoms with Gasteiger partial charge in [0.2, 0.25) is 0 Å². The molecule has 28 heavy (non-hydrogen) atoms. The van der Waals surface area contributed by atoms with Gasteiger partial charge in [-0.3, -0.25) is 0 Å². The second kappa shape index (κ2) is 7.52. The number of halogens is 1. The molecule has 0 radical (unpaired) electrons. The maximum Gasteiger partial charge on any atom is 0.159 e. The Kier molecular flexibility index (Phi) is 4.92. The van der Waals surface area contributed by atoms with E-state index in [0.717, 1.165) is 11.1 Å². The first-order valence-corrected chi connectivity index (χ1v) is 9.72. The van der Waals surface area contributed by atoms with Gasteiger partial charge >= 0.3 is 0 Å². The van der Waals surface area contributed by atoms with Crippen molar-refractivity contribution in [3.63, 3.8) is 0 Å². The highest BCUT2D eigenvalue weighted by atomic mass is 19.1. The molecule has 1 heterocycles. The van der Waals surface area contributed by atoms with Gasteiger partial charge in [-0.25, -0.2) is 14.4 Å². The molecule has 1 saturated carbocycles. The van der Waals surface area contributed by atoms with Gasteiger partial charge in [0.15, 0.2) is 5.82 Å². The molecule has 1 aliphatic rings. The van der Waals surface area contributed by atoms with Gasteiger partial charge in [-0.05, 0) is 47.6 Å². The second-order valence-corrected chi connectivity index (χ2v) is 7.80. The van der Waals surface area contributed by atoms with Crippen molar-refractivity contribution in [2.75, 3.05) is 0 Å². The summed E-state index contributed by atoms with van der Waals surface area (Å²) in [6.07, 6.45) is 10.00. The molecular formula is C24H22FN3. The van der Waals surface area contributed by atoms with E-state index < -0.39 is 5.82 Å². The first-order valence-electron chi connectivity index (χ1n) is 9.72. The molecule has 0 spiro atoms. The SMILES string of the molecule is CC1(c2ccc(-c3cnc(-c4ccc(C#N)c(F)c4)nc3)cc2)CCCCC1. The van der Waals surface area contributed by atoms with Gasteiger partial charge in [-0.15, -0.1) is 0 Å². The van der Waals surface area contributed by atoms with Crippen LogP contribution in [-0.2, 0) is 5.41 Å². The Bertz CT molecular complexity index is 1010. The molecule has 140 valence electrons. The van der Waals surface area contributed by atoms with E-state index in [1.165, 1.54) is 49.8 Å². The number of rotatable bonds is 3. The first kappa shape index (κ1) is 18.3. The van der Waals surface area contributed by atoms with Crippen LogP contribution in [0.5, 0.6) is 0 Å². The number of nitrogens with zero attached hydrogens (tertiary/aromatic N) is 3. The van der Waals surface area contributed by atoms with Gasteiger partial charge in [0.25, 0.3) is 0 Å². The van der Waals surface area contributed by atoms with Crippen molar-refractivity contribution in [3.8, 4) is 28.6 Å². The highest BCUT2D eigenvalue weighted by Gasteiger charge is 2.28. The monoisotopic (exact) mass is 371 g/mol. The molecule has 1 aliphatic carbocycles. The fourth-order valence-electron chi connectivity index (χ4n) is 4.06. The summed E-state index contributed by atoms with van der Waals surface area (Å²) in [6.45, 7) is 2.37. The van der Waals surface area contributed by atoms with Crippen LogP contribution in [0.4, 0.5) is 4.39 Å². The highest BCUT2D eigenvalue weighted by Crippen LogP contribution is 2.39. The van der Waals surface area contributed by atoms with E-state index >= 15 is 0 Å². The van der Waals surface area contributed by atoms with Crippen molar-refractivity contribution >= 4 is 0 Å². The fourth-order valence-corrected chi connectivity index (χ4v) is 4.06. The first-order chi connectivity index (χ1) is 13.6. The molecule has 4 heteroatoms. The van der Waals surface area contributed by atoms with Gasteiger partial charge in [0.1, 0.15) is 11.9 Å². The van der Waals surface area contributed by atoms with Crippen LogP contribution in [0.1, 0.15) is 50.2 Å². The normalized spacial score (nSPS) is 15.8. The average molecular weight is 371 g/mol.